The van der Waals surface area contributed by atoms with E-state index in [-0.39, 0.29) is 5.58 Å². The van der Waals surface area contributed by atoms with Gasteiger partial charge in [0.2, 0.25) is 0 Å². The molecule has 0 saturated heterocycles. The van der Waals surface area contributed by atoms with Crippen molar-refractivity contribution in [2.75, 3.05) is 0 Å². The SMILES string of the molecule is O=C(/C=C/c1ccccc1)n1c(=O)oc2c3ncccc3c(Cl)cc21. The van der Waals surface area contributed by atoms with Crippen LogP contribution in [0.1, 0.15) is 10.4 Å². The van der Waals surface area contributed by atoms with Gasteiger partial charge in [0.15, 0.2) is 5.58 Å². The second kappa shape index (κ2) is 6.03. The maximum Gasteiger partial charge on any atom is 0.427 e. The van der Waals surface area contributed by atoms with Crippen LogP contribution in [0.25, 0.3) is 28.1 Å². The predicted molar refractivity (Wildman–Crippen MR) is 96.9 cm³/mol. The molecule has 4 aromatic rings. The van der Waals surface area contributed by atoms with E-state index in [0.717, 1.165) is 10.1 Å². The Hall–Kier alpha value is -3.18. The summed E-state index contributed by atoms with van der Waals surface area (Å²) >= 11 is 6.27. The lowest BCUT2D eigenvalue weighted by Crippen LogP contribution is -2.20. The van der Waals surface area contributed by atoms with Crippen LogP contribution in [0.5, 0.6) is 0 Å². The van der Waals surface area contributed by atoms with Crippen molar-refractivity contribution in [3.05, 3.63) is 81.9 Å². The van der Waals surface area contributed by atoms with E-state index in [0.29, 0.717) is 21.4 Å². The molecular weight excluding hydrogens is 340 g/mol. The first-order valence-corrected chi connectivity index (χ1v) is 7.89. The molecule has 0 N–H and O–H groups in total. The molecule has 0 bridgehead atoms. The Kier molecular flexibility index (Phi) is 3.71. The molecule has 5 nitrogen and oxygen atoms in total. The van der Waals surface area contributed by atoms with Crippen molar-refractivity contribution in [1.82, 2.24) is 9.55 Å². The summed E-state index contributed by atoms with van der Waals surface area (Å²) in [7, 11) is 0. The molecule has 25 heavy (non-hydrogen) atoms. The number of oxazole rings is 1. The molecule has 0 aliphatic rings. The summed E-state index contributed by atoms with van der Waals surface area (Å²) in [4.78, 5) is 28.9. The Morgan fingerprint density at radius 1 is 1.16 bits per heavy atom. The van der Waals surface area contributed by atoms with Gasteiger partial charge in [0, 0.05) is 17.7 Å². The minimum Gasteiger partial charge on any atom is -0.405 e. The number of carbonyl (C=O) groups is 1. The third-order valence-electron chi connectivity index (χ3n) is 3.83. The average molecular weight is 351 g/mol. The van der Waals surface area contributed by atoms with Gasteiger partial charge < -0.3 is 4.42 Å². The van der Waals surface area contributed by atoms with Gasteiger partial charge in [-0.15, -0.1) is 0 Å². The second-order valence-corrected chi connectivity index (χ2v) is 5.80. The first-order valence-electron chi connectivity index (χ1n) is 7.51. The molecule has 0 atom stereocenters. The summed E-state index contributed by atoms with van der Waals surface area (Å²) in [6.45, 7) is 0. The van der Waals surface area contributed by atoms with Gasteiger partial charge in [-0.3, -0.25) is 9.78 Å². The molecule has 0 fully saturated rings. The average Bonchev–Trinajstić information content (AvgIpc) is 2.97. The molecule has 0 spiro atoms. The van der Waals surface area contributed by atoms with Crippen molar-refractivity contribution >= 4 is 45.6 Å². The third kappa shape index (κ3) is 2.64. The number of rotatable bonds is 2. The molecule has 0 aliphatic heterocycles. The fourth-order valence-electron chi connectivity index (χ4n) is 2.68. The van der Waals surface area contributed by atoms with Crippen LogP contribution in [0.3, 0.4) is 0 Å². The highest BCUT2D eigenvalue weighted by Crippen LogP contribution is 2.29. The molecule has 2 aromatic carbocycles. The number of nitrogens with zero attached hydrogens (tertiary/aromatic N) is 2. The van der Waals surface area contributed by atoms with Crippen molar-refractivity contribution < 1.29 is 9.21 Å². The van der Waals surface area contributed by atoms with Gasteiger partial charge in [-0.2, -0.15) is 0 Å². The van der Waals surface area contributed by atoms with Crippen LogP contribution >= 0.6 is 11.6 Å². The Morgan fingerprint density at radius 3 is 2.76 bits per heavy atom. The highest BCUT2D eigenvalue weighted by atomic mass is 35.5. The molecule has 122 valence electrons. The third-order valence-corrected chi connectivity index (χ3v) is 4.14. The van der Waals surface area contributed by atoms with Crippen LogP contribution in [-0.2, 0) is 0 Å². The Labute approximate surface area is 146 Å². The molecule has 0 unspecified atom stereocenters. The molecule has 0 aliphatic carbocycles. The Bertz CT molecular complexity index is 1190. The molecule has 6 heteroatoms. The van der Waals surface area contributed by atoms with Crippen molar-refractivity contribution in [2.45, 2.75) is 0 Å². The molecular formula is C19H11ClN2O3. The lowest BCUT2D eigenvalue weighted by atomic mass is 10.2. The summed E-state index contributed by atoms with van der Waals surface area (Å²) in [5, 5.41) is 1.05. The topological polar surface area (TPSA) is 65.1 Å². The normalized spacial score (nSPS) is 11.6. The smallest absolute Gasteiger partial charge is 0.405 e. The maximum absolute atomic E-state index is 12.5. The first-order chi connectivity index (χ1) is 12.1. The van der Waals surface area contributed by atoms with Crippen LogP contribution in [-0.4, -0.2) is 15.5 Å². The fraction of sp³-hybridized carbons (Fsp3) is 0. The molecule has 0 radical (unpaired) electrons. The van der Waals surface area contributed by atoms with E-state index < -0.39 is 11.7 Å². The van der Waals surface area contributed by atoms with Crippen LogP contribution in [0.2, 0.25) is 5.02 Å². The maximum atomic E-state index is 12.5. The number of hydrogen-bond acceptors (Lipinski definition) is 4. The summed E-state index contributed by atoms with van der Waals surface area (Å²) in [6, 6.07) is 14.4. The Balaban J connectivity index is 1.88. The molecule has 0 amide bonds. The zero-order chi connectivity index (χ0) is 17.4. The summed E-state index contributed by atoms with van der Waals surface area (Å²) in [5.74, 6) is -1.29. The van der Waals surface area contributed by atoms with Gasteiger partial charge >= 0.3 is 5.76 Å². The summed E-state index contributed by atoms with van der Waals surface area (Å²) in [6.07, 6.45) is 4.53. The van der Waals surface area contributed by atoms with Crippen LogP contribution < -0.4 is 5.76 Å². The van der Waals surface area contributed by atoms with Crippen molar-refractivity contribution in [2.24, 2.45) is 0 Å². The molecule has 2 aromatic heterocycles. The van der Waals surface area contributed by atoms with E-state index in [2.05, 4.69) is 4.98 Å². The number of hydrogen-bond donors (Lipinski definition) is 0. The number of halogens is 1. The van der Waals surface area contributed by atoms with E-state index >= 15 is 0 Å². The minimum absolute atomic E-state index is 0.242. The number of pyridine rings is 1. The molecule has 0 saturated carbocycles. The Morgan fingerprint density at radius 2 is 1.96 bits per heavy atom. The largest absolute Gasteiger partial charge is 0.427 e. The van der Waals surface area contributed by atoms with Crippen molar-refractivity contribution in [3.8, 4) is 0 Å². The first kappa shape index (κ1) is 15.4. The minimum atomic E-state index is -0.771. The lowest BCUT2D eigenvalue weighted by Gasteiger charge is -2.01. The zero-order valence-electron chi connectivity index (χ0n) is 12.8. The van der Waals surface area contributed by atoms with Gasteiger partial charge in [0.05, 0.1) is 5.02 Å². The van der Waals surface area contributed by atoms with E-state index in [1.165, 1.54) is 6.08 Å². The highest BCUT2D eigenvalue weighted by molar-refractivity contribution is 6.37. The van der Waals surface area contributed by atoms with Gasteiger partial charge in [0.25, 0.3) is 5.91 Å². The van der Waals surface area contributed by atoms with Gasteiger partial charge in [-0.05, 0) is 29.8 Å². The quantitative estimate of drug-likeness (QED) is 0.509. The van der Waals surface area contributed by atoms with E-state index in [1.807, 2.05) is 30.3 Å². The second-order valence-electron chi connectivity index (χ2n) is 5.39. The number of fused-ring (bicyclic) bond motifs is 3. The number of carbonyl (C=O) groups excluding carboxylic acids is 1. The lowest BCUT2D eigenvalue weighted by molar-refractivity contribution is 0.0966. The summed E-state index contributed by atoms with van der Waals surface area (Å²) < 4.78 is 6.23. The van der Waals surface area contributed by atoms with Crippen LogP contribution in [0.15, 0.2) is 70.0 Å². The van der Waals surface area contributed by atoms with Crippen molar-refractivity contribution in [1.29, 1.82) is 0 Å². The van der Waals surface area contributed by atoms with Crippen LogP contribution in [0.4, 0.5) is 0 Å². The van der Waals surface area contributed by atoms with Gasteiger partial charge in [0.1, 0.15) is 11.0 Å². The van der Waals surface area contributed by atoms with E-state index in [4.69, 9.17) is 16.0 Å². The van der Waals surface area contributed by atoms with E-state index in [9.17, 15) is 9.59 Å². The van der Waals surface area contributed by atoms with E-state index in [1.54, 1.807) is 30.5 Å². The number of benzene rings is 2. The predicted octanol–water partition coefficient (Wildman–Crippen LogP) is 4.15. The number of allylic oxidation sites excluding steroid dienone is 1. The fourth-order valence-corrected chi connectivity index (χ4v) is 2.93. The monoisotopic (exact) mass is 350 g/mol. The standard InChI is InChI=1S/C19H11ClN2O3/c20-14-11-15-18(17-13(14)7-4-10-21-17)25-19(24)22(15)16(23)9-8-12-5-2-1-3-6-12/h1-11H/b9-8+. The summed E-state index contributed by atoms with van der Waals surface area (Å²) in [5.41, 5.74) is 1.83. The zero-order valence-corrected chi connectivity index (χ0v) is 13.6. The molecule has 4 rings (SSSR count). The van der Waals surface area contributed by atoms with Gasteiger partial charge in [-0.1, -0.05) is 41.9 Å². The van der Waals surface area contributed by atoms with Gasteiger partial charge in [-0.25, -0.2) is 9.36 Å². The van der Waals surface area contributed by atoms with Crippen LogP contribution in [0, 0.1) is 0 Å². The molecule has 2 heterocycles. The highest BCUT2D eigenvalue weighted by Gasteiger charge is 2.18. The van der Waals surface area contributed by atoms with Crippen molar-refractivity contribution in [3.63, 3.8) is 0 Å². The number of aromatic nitrogens is 2.